The van der Waals surface area contributed by atoms with Crippen LogP contribution in [-0.4, -0.2) is 34.8 Å². The number of fused-ring (bicyclic) bond motifs is 1. The largest absolute Gasteiger partial charge is 0.306 e. The van der Waals surface area contributed by atoms with E-state index in [0.29, 0.717) is 6.04 Å². The molecule has 17 heavy (non-hydrogen) atoms. The Morgan fingerprint density at radius 2 is 2.00 bits per heavy atom. The average Bonchev–Trinajstić information content (AvgIpc) is 2.73. The number of rotatable bonds is 1. The number of nitrogens with zero attached hydrogens (tertiary/aromatic N) is 3. The molecule has 2 aromatic rings. The molecule has 0 amide bonds. The number of aryl methyl sites for hydroxylation is 1. The molecule has 3 heteroatoms. The zero-order valence-electron chi connectivity index (χ0n) is 10.6. The van der Waals surface area contributed by atoms with Crippen LogP contribution in [0.15, 0.2) is 24.4 Å². The van der Waals surface area contributed by atoms with Crippen LogP contribution in [0.25, 0.3) is 10.9 Å². The van der Waals surface area contributed by atoms with Crippen LogP contribution in [0.5, 0.6) is 0 Å². The minimum atomic E-state index is 0.575. The van der Waals surface area contributed by atoms with Crippen molar-refractivity contribution >= 4 is 10.9 Å². The number of benzene rings is 1. The fourth-order valence-corrected chi connectivity index (χ4v) is 2.68. The molecule has 3 nitrogen and oxygen atoms in total. The maximum Gasteiger partial charge on any atom is 0.0688 e. The van der Waals surface area contributed by atoms with Gasteiger partial charge in [0.2, 0.25) is 0 Å². The van der Waals surface area contributed by atoms with Gasteiger partial charge in [0.15, 0.2) is 0 Å². The number of hydrogen-bond acceptors (Lipinski definition) is 2. The van der Waals surface area contributed by atoms with Gasteiger partial charge in [-0.25, -0.2) is 0 Å². The highest BCUT2D eigenvalue weighted by Gasteiger charge is 2.20. The maximum absolute atomic E-state index is 4.58. The summed E-state index contributed by atoms with van der Waals surface area (Å²) in [4.78, 5) is 2.40. The molecule has 1 aliphatic rings. The summed E-state index contributed by atoms with van der Waals surface area (Å²) in [5.74, 6) is 0. The molecule has 0 spiro atoms. The smallest absolute Gasteiger partial charge is 0.0688 e. The fourth-order valence-electron chi connectivity index (χ4n) is 2.68. The second kappa shape index (κ2) is 4.15. The molecule has 0 saturated carbocycles. The van der Waals surface area contributed by atoms with Crippen molar-refractivity contribution in [3.63, 3.8) is 0 Å². The summed E-state index contributed by atoms with van der Waals surface area (Å²) < 4.78 is 2.23. The quantitative estimate of drug-likeness (QED) is 0.749. The third kappa shape index (κ3) is 1.95. The zero-order chi connectivity index (χ0) is 11.8. The lowest BCUT2D eigenvalue weighted by molar-refractivity contribution is 0.215. The van der Waals surface area contributed by atoms with Crippen LogP contribution in [0.4, 0.5) is 0 Å². The first-order valence-corrected chi connectivity index (χ1v) is 6.36. The number of piperidine rings is 1. The molecule has 0 radical (unpaired) electrons. The Labute approximate surface area is 102 Å². The molecule has 90 valence electrons. The Hall–Kier alpha value is -1.35. The summed E-state index contributed by atoms with van der Waals surface area (Å²) in [6, 6.07) is 7.15. The molecule has 0 aliphatic carbocycles. The van der Waals surface area contributed by atoms with Crippen molar-refractivity contribution in [2.24, 2.45) is 0 Å². The summed E-state index contributed by atoms with van der Waals surface area (Å²) in [5, 5.41) is 5.84. The van der Waals surface area contributed by atoms with Gasteiger partial charge in [0, 0.05) is 5.39 Å². The summed E-state index contributed by atoms with van der Waals surface area (Å²) in [7, 11) is 2.20. The summed E-state index contributed by atoms with van der Waals surface area (Å²) in [6.07, 6.45) is 4.41. The van der Waals surface area contributed by atoms with Gasteiger partial charge < -0.3 is 4.90 Å². The summed E-state index contributed by atoms with van der Waals surface area (Å²) >= 11 is 0. The number of likely N-dealkylation sites (tertiary alicyclic amines) is 1. The topological polar surface area (TPSA) is 21.1 Å². The van der Waals surface area contributed by atoms with E-state index in [1.807, 2.05) is 6.20 Å². The molecule has 1 fully saturated rings. The molecule has 3 rings (SSSR count). The van der Waals surface area contributed by atoms with Crippen molar-refractivity contribution in [1.29, 1.82) is 0 Å². The van der Waals surface area contributed by atoms with Crippen LogP contribution >= 0.6 is 0 Å². The van der Waals surface area contributed by atoms with Crippen molar-refractivity contribution in [3.8, 4) is 0 Å². The van der Waals surface area contributed by atoms with Gasteiger partial charge in [-0.2, -0.15) is 5.10 Å². The molecule has 1 aromatic carbocycles. The van der Waals surface area contributed by atoms with E-state index in [2.05, 4.69) is 46.9 Å². The minimum Gasteiger partial charge on any atom is -0.306 e. The molecule has 0 unspecified atom stereocenters. The second-order valence-corrected chi connectivity index (χ2v) is 5.19. The predicted molar refractivity (Wildman–Crippen MR) is 70.2 cm³/mol. The van der Waals surface area contributed by atoms with Gasteiger partial charge in [0.25, 0.3) is 0 Å². The van der Waals surface area contributed by atoms with Crippen LogP contribution in [-0.2, 0) is 0 Å². The van der Waals surface area contributed by atoms with Crippen LogP contribution in [0.3, 0.4) is 0 Å². The van der Waals surface area contributed by atoms with Gasteiger partial charge in [-0.3, -0.25) is 4.68 Å². The van der Waals surface area contributed by atoms with Crippen LogP contribution in [0, 0.1) is 6.92 Å². The van der Waals surface area contributed by atoms with E-state index in [9.17, 15) is 0 Å². The lowest BCUT2D eigenvalue weighted by Gasteiger charge is -2.29. The molecule has 2 heterocycles. The number of hydrogen-bond donors (Lipinski definition) is 0. The van der Waals surface area contributed by atoms with Crippen LogP contribution in [0.1, 0.15) is 24.4 Å². The Morgan fingerprint density at radius 1 is 1.24 bits per heavy atom. The van der Waals surface area contributed by atoms with Gasteiger partial charge in [-0.1, -0.05) is 12.1 Å². The highest BCUT2D eigenvalue weighted by Crippen LogP contribution is 2.26. The fraction of sp³-hybridized carbons (Fsp3) is 0.500. The van der Waals surface area contributed by atoms with E-state index in [4.69, 9.17) is 0 Å². The molecule has 0 atom stereocenters. The highest BCUT2D eigenvalue weighted by molar-refractivity contribution is 5.79. The molecule has 1 saturated heterocycles. The maximum atomic E-state index is 4.58. The Balaban J connectivity index is 1.97. The lowest BCUT2D eigenvalue weighted by atomic mass is 10.1. The first-order chi connectivity index (χ1) is 8.24. The van der Waals surface area contributed by atoms with Gasteiger partial charge in [0.1, 0.15) is 0 Å². The molecular formula is C14H19N3. The van der Waals surface area contributed by atoms with Crippen molar-refractivity contribution < 1.29 is 0 Å². The average molecular weight is 229 g/mol. The van der Waals surface area contributed by atoms with Gasteiger partial charge in [-0.05, 0) is 51.5 Å². The van der Waals surface area contributed by atoms with E-state index in [1.54, 1.807) is 0 Å². The Morgan fingerprint density at radius 3 is 2.76 bits per heavy atom. The van der Waals surface area contributed by atoms with Crippen LogP contribution < -0.4 is 0 Å². The van der Waals surface area contributed by atoms with Crippen molar-refractivity contribution in [3.05, 3.63) is 30.0 Å². The Bertz CT molecular complexity index is 521. The van der Waals surface area contributed by atoms with E-state index in [0.717, 1.165) is 0 Å². The third-order valence-electron chi connectivity index (χ3n) is 3.79. The molecule has 0 N–H and O–H groups in total. The number of aromatic nitrogens is 2. The molecule has 1 aromatic heterocycles. The third-order valence-corrected chi connectivity index (χ3v) is 3.79. The van der Waals surface area contributed by atoms with Crippen LogP contribution in [0.2, 0.25) is 0 Å². The van der Waals surface area contributed by atoms with Crippen molar-refractivity contribution in [2.45, 2.75) is 25.8 Å². The van der Waals surface area contributed by atoms with Crippen molar-refractivity contribution in [2.75, 3.05) is 20.1 Å². The molecule has 1 aliphatic heterocycles. The van der Waals surface area contributed by atoms with E-state index in [-0.39, 0.29) is 0 Å². The lowest BCUT2D eigenvalue weighted by Crippen LogP contribution is -2.31. The van der Waals surface area contributed by atoms with Crippen molar-refractivity contribution in [1.82, 2.24) is 14.7 Å². The van der Waals surface area contributed by atoms with Gasteiger partial charge in [0.05, 0.1) is 17.8 Å². The summed E-state index contributed by atoms with van der Waals surface area (Å²) in [6.45, 7) is 4.50. The van der Waals surface area contributed by atoms with E-state index >= 15 is 0 Å². The minimum absolute atomic E-state index is 0.575. The first kappa shape index (κ1) is 10.8. The molecule has 0 bridgehead atoms. The first-order valence-electron chi connectivity index (χ1n) is 6.36. The predicted octanol–water partition coefficient (Wildman–Crippen LogP) is 2.61. The normalized spacial score (nSPS) is 18.9. The summed E-state index contributed by atoms with van der Waals surface area (Å²) in [5.41, 5.74) is 2.60. The van der Waals surface area contributed by atoms with Gasteiger partial charge >= 0.3 is 0 Å². The highest BCUT2D eigenvalue weighted by atomic mass is 15.3. The standard InChI is InChI=1S/C14H19N3/c1-11-3-4-12-10-15-17(14(12)9-11)13-5-7-16(2)8-6-13/h3-4,9-10,13H,5-8H2,1-2H3. The second-order valence-electron chi connectivity index (χ2n) is 5.19. The zero-order valence-corrected chi connectivity index (χ0v) is 10.6. The Kier molecular flexibility index (Phi) is 2.63. The monoisotopic (exact) mass is 229 g/mol. The molecular weight excluding hydrogens is 210 g/mol. The van der Waals surface area contributed by atoms with Gasteiger partial charge in [-0.15, -0.1) is 0 Å². The SMILES string of the molecule is Cc1ccc2cnn(C3CCN(C)CC3)c2c1. The van der Waals surface area contributed by atoms with E-state index < -0.39 is 0 Å². The van der Waals surface area contributed by atoms with E-state index in [1.165, 1.54) is 42.4 Å².